The molecule has 0 amide bonds. The number of hydrogen-bond donors (Lipinski definition) is 1. The number of rotatable bonds is 4. The summed E-state index contributed by atoms with van der Waals surface area (Å²) in [4.78, 5) is 27.4. The molecule has 0 aliphatic carbocycles. The predicted octanol–water partition coefficient (Wildman–Crippen LogP) is 5.72. The molecule has 0 aliphatic heterocycles. The first-order valence-electron chi connectivity index (χ1n) is 9.60. The first-order chi connectivity index (χ1) is 15.2. The van der Waals surface area contributed by atoms with E-state index in [-0.39, 0.29) is 33.5 Å². The number of thioether (sulfide) groups is 1. The molecule has 0 spiro atoms. The van der Waals surface area contributed by atoms with Gasteiger partial charge in [0.2, 0.25) is 0 Å². The van der Waals surface area contributed by atoms with Crippen LogP contribution in [0.25, 0.3) is 28.0 Å². The Labute approximate surface area is 197 Å². The summed E-state index contributed by atoms with van der Waals surface area (Å²) >= 11 is 13.7. The van der Waals surface area contributed by atoms with Gasteiger partial charge in [0, 0.05) is 28.4 Å². The van der Waals surface area contributed by atoms with Gasteiger partial charge in [0.05, 0.1) is 32.7 Å². The molecular weight excluding hydrogens is 472 g/mol. The summed E-state index contributed by atoms with van der Waals surface area (Å²) in [5, 5.41) is 0.519. The van der Waals surface area contributed by atoms with Crippen LogP contribution in [0.1, 0.15) is 25.5 Å². The van der Waals surface area contributed by atoms with Gasteiger partial charge in [-0.2, -0.15) is 4.98 Å². The molecule has 0 unspecified atom stereocenters. The maximum absolute atomic E-state index is 15.0. The molecule has 10 heteroatoms. The van der Waals surface area contributed by atoms with Gasteiger partial charge in [0.15, 0.2) is 11.5 Å². The zero-order chi connectivity index (χ0) is 23.2. The Hall–Kier alpha value is -2.68. The normalized spacial score (nSPS) is 11.5. The van der Waals surface area contributed by atoms with Gasteiger partial charge in [0.25, 0.3) is 0 Å². The summed E-state index contributed by atoms with van der Waals surface area (Å²) in [6.07, 6.45) is 5.03. The lowest BCUT2D eigenvalue weighted by molar-refractivity contribution is 0.631. The van der Waals surface area contributed by atoms with Crippen LogP contribution in [0.5, 0.6) is 0 Å². The molecule has 3 heterocycles. The molecule has 0 bridgehead atoms. The molecule has 0 fully saturated rings. The standard InChI is InChI=1S/C22H18Cl2FN5OS/c1-10(2)18-20(15(32-3)6-7-27-18)30-21-12(8-11(23)9-28-21)19(29-22(30)31)16-14(26)5-4-13(24)17(16)25/h4-10H,26H2,1-3H3. The van der Waals surface area contributed by atoms with Crippen molar-refractivity contribution in [3.8, 4) is 16.9 Å². The van der Waals surface area contributed by atoms with E-state index in [1.807, 2.05) is 26.2 Å². The summed E-state index contributed by atoms with van der Waals surface area (Å²) in [5.41, 5.74) is 6.99. The van der Waals surface area contributed by atoms with Gasteiger partial charge in [-0.1, -0.05) is 37.0 Å². The molecule has 32 heavy (non-hydrogen) atoms. The predicted molar refractivity (Wildman–Crippen MR) is 129 cm³/mol. The maximum Gasteiger partial charge on any atom is 0.354 e. The number of pyridine rings is 2. The first kappa shape index (κ1) is 22.5. The minimum atomic E-state index is -0.772. The molecule has 0 saturated carbocycles. The molecule has 6 nitrogen and oxygen atoms in total. The number of hydrogen-bond acceptors (Lipinski definition) is 6. The van der Waals surface area contributed by atoms with Crippen molar-refractivity contribution in [3.63, 3.8) is 0 Å². The third-order valence-electron chi connectivity index (χ3n) is 4.97. The Morgan fingerprint density at radius 3 is 2.62 bits per heavy atom. The molecule has 3 aromatic heterocycles. The SMILES string of the molecule is CSc1ccnc(C(C)C)c1-n1c(=O)nc(-c2c(N)ccc(Cl)c2F)c2cc(Cl)cnc21. The number of nitrogens with two attached hydrogens (primary N) is 1. The van der Waals surface area contributed by atoms with Crippen molar-refractivity contribution in [2.45, 2.75) is 24.7 Å². The lowest BCUT2D eigenvalue weighted by Gasteiger charge is -2.19. The summed E-state index contributed by atoms with van der Waals surface area (Å²) in [6.45, 7) is 3.97. The van der Waals surface area contributed by atoms with Gasteiger partial charge in [-0.15, -0.1) is 11.8 Å². The Kier molecular flexibility index (Phi) is 6.11. The van der Waals surface area contributed by atoms with Crippen molar-refractivity contribution in [3.05, 3.63) is 68.7 Å². The topological polar surface area (TPSA) is 86.7 Å². The Morgan fingerprint density at radius 2 is 1.94 bits per heavy atom. The highest BCUT2D eigenvalue weighted by Gasteiger charge is 2.24. The summed E-state index contributed by atoms with van der Waals surface area (Å²) in [6, 6.07) is 6.20. The van der Waals surface area contributed by atoms with Crippen LogP contribution < -0.4 is 11.4 Å². The van der Waals surface area contributed by atoms with Gasteiger partial charge < -0.3 is 5.73 Å². The van der Waals surface area contributed by atoms with E-state index < -0.39 is 11.5 Å². The van der Waals surface area contributed by atoms with Crippen LogP contribution in [-0.4, -0.2) is 25.8 Å². The van der Waals surface area contributed by atoms with Gasteiger partial charge in [-0.05, 0) is 36.4 Å². The Balaban J connectivity index is 2.19. The minimum Gasteiger partial charge on any atom is -0.398 e. The number of nitrogens with zero attached hydrogens (tertiary/aromatic N) is 4. The van der Waals surface area contributed by atoms with Crippen molar-refractivity contribution in [2.24, 2.45) is 0 Å². The highest BCUT2D eigenvalue weighted by Crippen LogP contribution is 2.37. The lowest BCUT2D eigenvalue weighted by Crippen LogP contribution is -2.25. The Bertz CT molecular complexity index is 1420. The quantitative estimate of drug-likeness (QED) is 0.291. The maximum atomic E-state index is 15.0. The van der Waals surface area contributed by atoms with Crippen LogP contribution in [0.4, 0.5) is 10.1 Å². The van der Waals surface area contributed by atoms with E-state index in [4.69, 9.17) is 28.9 Å². The number of aromatic nitrogens is 4. The van der Waals surface area contributed by atoms with Crippen molar-refractivity contribution < 1.29 is 4.39 Å². The van der Waals surface area contributed by atoms with Crippen molar-refractivity contribution in [1.82, 2.24) is 19.5 Å². The molecule has 0 radical (unpaired) electrons. The largest absolute Gasteiger partial charge is 0.398 e. The van der Waals surface area contributed by atoms with Crippen molar-refractivity contribution >= 4 is 51.7 Å². The monoisotopic (exact) mass is 489 g/mol. The third-order valence-corrected chi connectivity index (χ3v) is 6.24. The highest BCUT2D eigenvalue weighted by atomic mass is 35.5. The molecule has 164 valence electrons. The zero-order valence-corrected chi connectivity index (χ0v) is 19.7. The molecule has 2 N–H and O–H groups in total. The smallest absolute Gasteiger partial charge is 0.354 e. The van der Waals surface area contributed by atoms with E-state index in [1.165, 1.54) is 34.7 Å². The van der Waals surface area contributed by atoms with E-state index in [1.54, 1.807) is 12.3 Å². The molecule has 0 aliphatic rings. The van der Waals surface area contributed by atoms with E-state index >= 15 is 0 Å². The molecule has 1 aromatic carbocycles. The molecule has 0 saturated heterocycles. The van der Waals surface area contributed by atoms with Gasteiger partial charge in [0.1, 0.15) is 0 Å². The number of fused-ring (bicyclic) bond motifs is 1. The summed E-state index contributed by atoms with van der Waals surface area (Å²) in [5.74, 6) is -0.751. The zero-order valence-electron chi connectivity index (χ0n) is 17.4. The van der Waals surface area contributed by atoms with E-state index in [9.17, 15) is 9.18 Å². The number of anilines is 1. The Morgan fingerprint density at radius 1 is 1.19 bits per heavy atom. The first-order valence-corrected chi connectivity index (χ1v) is 11.6. The molecule has 4 rings (SSSR count). The number of halogens is 3. The van der Waals surface area contributed by atoms with Gasteiger partial charge in [-0.25, -0.2) is 18.7 Å². The van der Waals surface area contributed by atoms with Crippen molar-refractivity contribution in [1.29, 1.82) is 0 Å². The fourth-order valence-corrected chi connectivity index (χ4v) is 4.44. The average Bonchev–Trinajstić information content (AvgIpc) is 2.76. The fourth-order valence-electron chi connectivity index (χ4n) is 3.54. The van der Waals surface area contributed by atoms with Crippen LogP contribution in [0.2, 0.25) is 10.0 Å². The van der Waals surface area contributed by atoms with Crippen LogP contribution in [0.3, 0.4) is 0 Å². The third kappa shape index (κ3) is 3.72. The van der Waals surface area contributed by atoms with Gasteiger partial charge in [-0.3, -0.25) is 4.98 Å². The van der Waals surface area contributed by atoms with Crippen LogP contribution in [0.15, 0.2) is 46.3 Å². The van der Waals surface area contributed by atoms with Crippen molar-refractivity contribution in [2.75, 3.05) is 12.0 Å². The van der Waals surface area contributed by atoms with Crippen LogP contribution in [-0.2, 0) is 0 Å². The molecule has 4 aromatic rings. The molecular formula is C22H18Cl2FN5OS. The second-order valence-electron chi connectivity index (χ2n) is 7.33. The number of benzene rings is 1. The fraction of sp³-hybridized carbons (Fsp3) is 0.182. The summed E-state index contributed by atoms with van der Waals surface area (Å²) < 4.78 is 16.4. The lowest BCUT2D eigenvalue weighted by atomic mass is 10.0. The van der Waals surface area contributed by atoms with E-state index in [0.29, 0.717) is 21.8 Å². The minimum absolute atomic E-state index is 0.0204. The molecule has 0 atom stereocenters. The van der Waals surface area contributed by atoms with Crippen LogP contribution >= 0.6 is 35.0 Å². The second kappa shape index (κ2) is 8.69. The van der Waals surface area contributed by atoms with Crippen LogP contribution in [0, 0.1) is 5.82 Å². The summed E-state index contributed by atoms with van der Waals surface area (Å²) in [7, 11) is 0. The van der Waals surface area contributed by atoms with E-state index in [0.717, 1.165) is 4.90 Å². The van der Waals surface area contributed by atoms with Gasteiger partial charge >= 0.3 is 5.69 Å². The second-order valence-corrected chi connectivity index (χ2v) is 9.02. The van der Waals surface area contributed by atoms with E-state index in [2.05, 4.69) is 15.0 Å². The average molecular weight is 490 g/mol. The number of nitrogen functional groups attached to an aromatic ring is 1. The highest BCUT2D eigenvalue weighted by molar-refractivity contribution is 7.98.